The summed E-state index contributed by atoms with van der Waals surface area (Å²) in [5.74, 6) is -12.4. The molecule has 0 bridgehead atoms. The molecule has 0 radical (unpaired) electrons. The maximum atomic E-state index is 9.10. The molecule has 102 valence electrons. The van der Waals surface area contributed by atoms with E-state index in [1.807, 2.05) is 0 Å². The topological polar surface area (TPSA) is 235 Å². The van der Waals surface area contributed by atoms with Gasteiger partial charge in [-0.3, -0.25) is 0 Å². The van der Waals surface area contributed by atoms with E-state index in [4.69, 9.17) is 59.4 Å². The molecule has 0 spiro atoms. The second-order valence-electron chi connectivity index (χ2n) is 1.76. The monoisotopic (exact) mass is 332 g/mol. The molecule has 2 N–H and O–H groups in total. The Morgan fingerprint density at radius 3 is 0.650 bits per heavy atom. The Kier molecular flexibility index (Phi) is 28.2. The first kappa shape index (κ1) is 31.4. The van der Waals surface area contributed by atoms with E-state index in [2.05, 4.69) is 0 Å². The van der Waals surface area contributed by atoms with Crippen molar-refractivity contribution in [1.29, 1.82) is 0 Å². The number of hydrogen-bond acceptors (Lipinski definition) is 10. The zero-order valence-corrected chi connectivity index (χ0v) is 13.8. The Morgan fingerprint density at radius 2 is 0.650 bits per heavy atom. The normalized spacial score (nSPS) is 6.60. The van der Waals surface area contributed by atoms with E-state index >= 15 is 0 Å². The zero-order chi connectivity index (χ0) is 15.5. The van der Waals surface area contributed by atoms with Gasteiger partial charge in [-0.15, -0.1) is 0 Å². The molecule has 20 heavy (non-hydrogen) atoms. The standard InChI is InChI=1S/3C2H2O4.Al.K/c3*3-1(4)2(5)6;;/h3*(H,3,4)(H,5,6);;/q;;;+3;+1/p-4. The second kappa shape index (κ2) is 18.0. The Morgan fingerprint density at radius 1 is 0.550 bits per heavy atom. The van der Waals surface area contributed by atoms with Gasteiger partial charge in [0.2, 0.25) is 0 Å². The summed E-state index contributed by atoms with van der Waals surface area (Å²) in [6, 6.07) is 0. The SMILES string of the molecule is O=C(O)C(=O)O.O=C([O-])C(=O)[O-].O=C([O-])C(=O)[O-].[Al+3].[K+]. The number of aliphatic carboxylic acids is 6. The number of carboxylic acid groups (broad SMARTS) is 6. The van der Waals surface area contributed by atoms with E-state index in [1.165, 1.54) is 0 Å². The molecular weight excluding hydrogens is 330 g/mol. The molecule has 0 rings (SSSR count). The summed E-state index contributed by atoms with van der Waals surface area (Å²) in [6.45, 7) is 0. The van der Waals surface area contributed by atoms with Crippen LogP contribution in [0.5, 0.6) is 0 Å². The van der Waals surface area contributed by atoms with E-state index in [1.54, 1.807) is 0 Å². The van der Waals surface area contributed by atoms with E-state index in [9.17, 15) is 0 Å². The van der Waals surface area contributed by atoms with Crippen LogP contribution in [0.25, 0.3) is 0 Å². The molecule has 0 aromatic heterocycles. The maximum absolute atomic E-state index is 9.10. The fraction of sp³-hybridized carbons (Fsp3) is 0. The minimum Gasteiger partial charge on any atom is -0.543 e. The van der Waals surface area contributed by atoms with Gasteiger partial charge in [0, 0.05) is 0 Å². The predicted molar refractivity (Wildman–Crippen MR) is 41.1 cm³/mol. The summed E-state index contributed by atoms with van der Waals surface area (Å²) >= 11 is 0. The smallest absolute Gasteiger partial charge is 0.543 e. The van der Waals surface area contributed by atoms with Gasteiger partial charge in [0.15, 0.2) is 0 Å². The molecule has 0 aliphatic heterocycles. The van der Waals surface area contributed by atoms with Crippen molar-refractivity contribution < 1.29 is 111 Å². The first-order valence-corrected chi connectivity index (χ1v) is 3.24. The van der Waals surface area contributed by atoms with Gasteiger partial charge in [-0.25, -0.2) is 9.59 Å². The van der Waals surface area contributed by atoms with Crippen LogP contribution < -0.4 is 71.8 Å². The average Bonchev–Trinajstić information content (AvgIpc) is 2.18. The Labute approximate surface area is 162 Å². The van der Waals surface area contributed by atoms with Crippen molar-refractivity contribution in [3.05, 3.63) is 0 Å². The molecule has 0 saturated carbocycles. The number of carbonyl (C=O) groups is 6. The molecule has 0 heterocycles. The zero-order valence-electron chi connectivity index (χ0n) is 9.55. The summed E-state index contributed by atoms with van der Waals surface area (Å²) in [7, 11) is 0. The molecule has 14 heteroatoms. The van der Waals surface area contributed by atoms with Crippen LogP contribution in [-0.2, 0) is 28.8 Å². The summed E-state index contributed by atoms with van der Waals surface area (Å²) in [4.78, 5) is 53.9. The van der Waals surface area contributed by atoms with Crippen LogP contribution in [0.2, 0.25) is 0 Å². The van der Waals surface area contributed by atoms with Crippen molar-refractivity contribution in [2.75, 3.05) is 0 Å². The number of rotatable bonds is 0. The molecule has 0 aromatic carbocycles. The van der Waals surface area contributed by atoms with Gasteiger partial charge in [0.25, 0.3) is 0 Å². The fourth-order valence-corrected chi connectivity index (χ4v) is 0. The first-order chi connectivity index (χ1) is 7.93. The van der Waals surface area contributed by atoms with Crippen LogP contribution in [0.15, 0.2) is 0 Å². The Hall–Kier alpha value is -1.01. The van der Waals surface area contributed by atoms with Gasteiger partial charge in [-0.2, -0.15) is 0 Å². The van der Waals surface area contributed by atoms with Crippen molar-refractivity contribution in [3.63, 3.8) is 0 Å². The van der Waals surface area contributed by atoms with Gasteiger partial charge in [0.1, 0.15) is 0 Å². The van der Waals surface area contributed by atoms with Crippen LogP contribution >= 0.6 is 0 Å². The van der Waals surface area contributed by atoms with E-state index in [0.29, 0.717) is 0 Å². The third-order valence-electron chi connectivity index (χ3n) is 0.516. The van der Waals surface area contributed by atoms with Crippen molar-refractivity contribution in [2.45, 2.75) is 0 Å². The fourth-order valence-electron chi connectivity index (χ4n) is 0. The molecule has 0 unspecified atom stereocenters. The van der Waals surface area contributed by atoms with E-state index in [0.717, 1.165) is 0 Å². The Balaban J connectivity index is -0.0000000536. The number of carbonyl (C=O) groups excluding carboxylic acids is 4. The Bertz CT molecular complexity index is 283. The van der Waals surface area contributed by atoms with Gasteiger partial charge in [-0.1, -0.05) is 0 Å². The van der Waals surface area contributed by atoms with Gasteiger partial charge in [0.05, 0.1) is 23.9 Å². The van der Waals surface area contributed by atoms with E-state index in [-0.39, 0.29) is 68.7 Å². The van der Waals surface area contributed by atoms with Gasteiger partial charge >= 0.3 is 80.7 Å². The molecule has 0 fully saturated rings. The first-order valence-electron chi connectivity index (χ1n) is 3.24. The molecule has 0 aliphatic rings. The van der Waals surface area contributed by atoms with Crippen LogP contribution in [0, 0.1) is 0 Å². The van der Waals surface area contributed by atoms with Crippen molar-refractivity contribution >= 4 is 53.2 Å². The second-order valence-corrected chi connectivity index (χ2v) is 1.76. The molecule has 0 amide bonds. The molecule has 0 aromatic rings. The molecule has 0 atom stereocenters. The average molecular weight is 332 g/mol. The molecule has 12 nitrogen and oxygen atoms in total. The summed E-state index contributed by atoms with van der Waals surface area (Å²) in [6.07, 6.45) is 0. The molecule has 0 aliphatic carbocycles. The quantitative estimate of drug-likeness (QED) is 0.310. The number of hydrogen-bond donors (Lipinski definition) is 2. The largest absolute Gasteiger partial charge is 3.00 e. The van der Waals surface area contributed by atoms with Crippen molar-refractivity contribution in [1.82, 2.24) is 0 Å². The van der Waals surface area contributed by atoms with Crippen LogP contribution in [0.1, 0.15) is 0 Å². The maximum Gasteiger partial charge on any atom is 3.00 e. The van der Waals surface area contributed by atoms with Crippen LogP contribution in [-0.4, -0.2) is 63.4 Å². The van der Waals surface area contributed by atoms with Crippen LogP contribution in [0.3, 0.4) is 0 Å². The molecule has 0 saturated heterocycles. The summed E-state index contributed by atoms with van der Waals surface area (Å²) in [5, 5.41) is 50.5. The van der Waals surface area contributed by atoms with Crippen molar-refractivity contribution in [2.24, 2.45) is 0 Å². The minimum absolute atomic E-state index is 0. The predicted octanol–water partition coefficient (Wildman–Crippen LogP) is -11.2. The minimum atomic E-state index is -2.19. The van der Waals surface area contributed by atoms with Gasteiger partial charge < -0.3 is 49.8 Å². The third kappa shape index (κ3) is 36.0. The summed E-state index contributed by atoms with van der Waals surface area (Å²) in [5.41, 5.74) is 0. The summed E-state index contributed by atoms with van der Waals surface area (Å²) < 4.78 is 0. The third-order valence-corrected chi connectivity index (χ3v) is 0.516. The van der Waals surface area contributed by atoms with Gasteiger partial charge in [-0.05, 0) is 0 Å². The van der Waals surface area contributed by atoms with Crippen LogP contribution in [0.4, 0.5) is 0 Å². The van der Waals surface area contributed by atoms with E-state index < -0.39 is 35.8 Å². The van der Waals surface area contributed by atoms with Crippen molar-refractivity contribution in [3.8, 4) is 0 Å². The number of carboxylic acids is 6. The molecular formula is C6H2AlKO12.